The van der Waals surface area contributed by atoms with Gasteiger partial charge in [-0.15, -0.1) is 0 Å². The summed E-state index contributed by atoms with van der Waals surface area (Å²) in [4.78, 5) is 8.63. The Bertz CT molecular complexity index is 353. The highest BCUT2D eigenvalue weighted by atomic mass is 15.3. The van der Waals surface area contributed by atoms with Crippen molar-refractivity contribution in [3.8, 4) is 0 Å². The van der Waals surface area contributed by atoms with Crippen LogP contribution in [0.15, 0.2) is 11.3 Å². The Labute approximate surface area is 100 Å². The SMILES string of the molecule is CC(NC(=NC1CCCC1)NN)c1ncn[nH]1. The number of aromatic amines is 1. The van der Waals surface area contributed by atoms with Crippen LogP contribution in [0.3, 0.4) is 0 Å². The predicted octanol–water partition coefficient (Wildman–Crippen LogP) is 0.217. The molecule has 0 aromatic carbocycles. The van der Waals surface area contributed by atoms with E-state index in [9.17, 15) is 0 Å². The van der Waals surface area contributed by atoms with Crippen molar-refractivity contribution in [1.29, 1.82) is 0 Å². The van der Waals surface area contributed by atoms with Gasteiger partial charge in [-0.05, 0) is 19.8 Å². The number of hydrogen-bond donors (Lipinski definition) is 4. The van der Waals surface area contributed by atoms with E-state index in [0.717, 1.165) is 18.7 Å². The van der Waals surface area contributed by atoms with Crippen molar-refractivity contribution < 1.29 is 0 Å². The Hall–Kier alpha value is -1.63. The lowest BCUT2D eigenvalue weighted by Crippen LogP contribution is -2.43. The fourth-order valence-electron chi connectivity index (χ4n) is 2.03. The molecule has 7 heteroatoms. The molecule has 1 unspecified atom stereocenters. The van der Waals surface area contributed by atoms with Gasteiger partial charge >= 0.3 is 0 Å². The van der Waals surface area contributed by atoms with Crippen LogP contribution < -0.4 is 16.6 Å². The van der Waals surface area contributed by atoms with E-state index in [4.69, 9.17) is 5.84 Å². The van der Waals surface area contributed by atoms with Crippen LogP contribution in [0.2, 0.25) is 0 Å². The molecule has 0 saturated heterocycles. The van der Waals surface area contributed by atoms with Crippen LogP contribution in [0.4, 0.5) is 0 Å². The summed E-state index contributed by atoms with van der Waals surface area (Å²) in [6.45, 7) is 1.97. The van der Waals surface area contributed by atoms with Gasteiger partial charge in [0.2, 0.25) is 5.96 Å². The minimum Gasteiger partial charge on any atom is -0.346 e. The lowest BCUT2D eigenvalue weighted by molar-refractivity contribution is 0.628. The van der Waals surface area contributed by atoms with E-state index in [0.29, 0.717) is 12.0 Å². The highest BCUT2D eigenvalue weighted by molar-refractivity contribution is 5.79. The van der Waals surface area contributed by atoms with Gasteiger partial charge in [0.05, 0.1) is 12.1 Å². The molecule has 17 heavy (non-hydrogen) atoms. The molecule has 7 nitrogen and oxygen atoms in total. The molecule has 0 spiro atoms. The smallest absolute Gasteiger partial charge is 0.206 e. The molecule has 1 saturated carbocycles. The fourth-order valence-corrected chi connectivity index (χ4v) is 2.03. The summed E-state index contributed by atoms with van der Waals surface area (Å²) in [7, 11) is 0. The maximum absolute atomic E-state index is 5.46. The number of aliphatic imine (C=N–C) groups is 1. The topological polar surface area (TPSA) is 104 Å². The number of hydrazine groups is 1. The van der Waals surface area contributed by atoms with E-state index in [2.05, 4.69) is 30.9 Å². The summed E-state index contributed by atoms with van der Waals surface area (Å²) < 4.78 is 0. The van der Waals surface area contributed by atoms with Crippen molar-refractivity contribution in [2.45, 2.75) is 44.7 Å². The van der Waals surface area contributed by atoms with E-state index in [-0.39, 0.29) is 6.04 Å². The zero-order valence-corrected chi connectivity index (χ0v) is 9.98. The van der Waals surface area contributed by atoms with Gasteiger partial charge in [-0.2, -0.15) is 5.10 Å². The summed E-state index contributed by atoms with van der Waals surface area (Å²) in [5.74, 6) is 6.84. The molecule has 1 heterocycles. The van der Waals surface area contributed by atoms with Gasteiger partial charge in [-0.3, -0.25) is 10.5 Å². The normalized spacial score (nSPS) is 19.3. The Kier molecular flexibility index (Phi) is 3.92. The highest BCUT2D eigenvalue weighted by Crippen LogP contribution is 2.20. The number of nitrogens with zero attached hydrogens (tertiary/aromatic N) is 3. The molecule has 1 aromatic heterocycles. The lowest BCUT2D eigenvalue weighted by Gasteiger charge is -2.15. The third kappa shape index (κ3) is 3.16. The second kappa shape index (κ2) is 5.62. The van der Waals surface area contributed by atoms with E-state index in [1.54, 1.807) is 0 Å². The number of hydrogen-bond acceptors (Lipinski definition) is 4. The number of nitrogens with one attached hydrogen (secondary N) is 3. The predicted molar refractivity (Wildman–Crippen MR) is 64.9 cm³/mol. The Morgan fingerprint density at radius 2 is 2.35 bits per heavy atom. The molecule has 1 aliphatic rings. The van der Waals surface area contributed by atoms with Gasteiger partial charge in [0, 0.05) is 0 Å². The largest absolute Gasteiger partial charge is 0.346 e. The van der Waals surface area contributed by atoms with E-state index in [1.165, 1.54) is 19.2 Å². The molecule has 5 N–H and O–H groups in total. The first-order valence-corrected chi connectivity index (χ1v) is 5.96. The molecular formula is C10H19N7. The van der Waals surface area contributed by atoms with Crippen molar-refractivity contribution in [3.63, 3.8) is 0 Å². The monoisotopic (exact) mass is 237 g/mol. The van der Waals surface area contributed by atoms with Crippen molar-refractivity contribution >= 4 is 5.96 Å². The average Bonchev–Trinajstić information content (AvgIpc) is 3.00. The third-order valence-electron chi connectivity index (χ3n) is 2.97. The van der Waals surface area contributed by atoms with Gasteiger partial charge in [0.25, 0.3) is 0 Å². The average molecular weight is 237 g/mol. The van der Waals surface area contributed by atoms with Crippen LogP contribution in [0.25, 0.3) is 0 Å². The molecule has 1 aromatic rings. The second-order valence-electron chi connectivity index (χ2n) is 4.30. The maximum atomic E-state index is 5.46. The van der Waals surface area contributed by atoms with Gasteiger partial charge in [0.1, 0.15) is 12.2 Å². The number of guanidine groups is 1. The van der Waals surface area contributed by atoms with Gasteiger partial charge in [-0.1, -0.05) is 12.8 Å². The minimum absolute atomic E-state index is 0.00583. The summed E-state index contributed by atoms with van der Waals surface area (Å²) in [6.07, 6.45) is 6.28. The standard InChI is InChI=1S/C10H19N7/c1-7(9-12-6-13-17-9)14-10(16-11)15-8-4-2-3-5-8/h6-8H,2-5,11H2,1H3,(H,12,13,17)(H2,14,15,16). The second-order valence-corrected chi connectivity index (χ2v) is 4.30. The van der Waals surface area contributed by atoms with E-state index < -0.39 is 0 Å². The van der Waals surface area contributed by atoms with Gasteiger partial charge in [-0.25, -0.2) is 15.8 Å². The molecule has 0 bridgehead atoms. The fraction of sp³-hybridized carbons (Fsp3) is 0.700. The number of rotatable bonds is 3. The van der Waals surface area contributed by atoms with Crippen LogP contribution in [0.5, 0.6) is 0 Å². The molecule has 1 aliphatic carbocycles. The van der Waals surface area contributed by atoms with Crippen molar-refractivity contribution in [2.24, 2.45) is 10.8 Å². The molecule has 0 radical (unpaired) electrons. The van der Waals surface area contributed by atoms with Crippen molar-refractivity contribution in [1.82, 2.24) is 25.9 Å². The van der Waals surface area contributed by atoms with Crippen LogP contribution >= 0.6 is 0 Å². The maximum Gasteiger partial charge on any atom is 0.206 e. The third-order valence-corrected chi connectivity index (χ3v) is 2.97. The minimum atomic E-state index is -0.00583. The molecular weight excluding hydrogens is 218 g/mol. The van der Waals surface area contributed by atoms with Crippen molar-refractivity contribution in [3.05, 3.63) is 12.2 Å². The van der Waals surface area contributed by atoms with Crippen LogP contribution in [0, 0.1) is 0 Å². The molecule has 1 fully saturated rings. The Balaban J connectivity index is 1.94. The molecule has 1 atom stereocenters. The number of aromatic nitrogens is 3. The summed E-state index contributed by atoms with van der Waals surface area (Å²) in [5, 5.41) is 9.80. The zero-order valence-electron chi connectivity index (χ0n) is 9.98. The molecule has 2 rings (SSSR count). The van der Waals surface area contributed by atoms with Crippen LogP contribution in [-0.2, 0) is 0 Å². The Morgan fingerprint density at radius 1 is 1.59 bits per heavy atom. The lowest BCUT2D eigenvalue weighted by atomic mass is 10.3. The number of H-pyrrole nitrogens is 1. The molecule has 0 amide bonds. The van der Waals surface area contributed by atoms with Gasteiger partial charge < -0.3 is 5.32 Å². The molecule has 94 valence electrons. The quantitative estimate of drug-likeness (QED) is 0.260. The van der Waals surface area contributed by atoms with Gasteiger partial charge in [0.15, 0.2) is 0 Å². The highest BCUT2D eigenvalue weighted by Gasteiger charge is 2.16. The van der Waals surface area contributed by atoms with Crippen LogP contribution in [0.1, 0.15) is 44.5 Å². The summed E-state index contributed by atoms with van der Waals surface area (Å²) in [5.41, 5.74) is 2.60. The zero-order chi connectivity index (χ0) is 12.1. The summed E-state index contributed by atoms with van der Waals surface area (Å²) >= 11 is 0. The number of nitrogens with two attached hydrogens (primary N) is 1. The summed E-state index contributed by atoms with van der Waals surface area (Å²) in [6, 6.07) is 0.379. The first kappa shape index (κ1) is 11.8. The van der Waals surface area contributed by atoms with Crippen molar-refractivity contribution in [2.75, 3.05) is 0 Å². The Morgan fingerprint density at radius 3 is 2.94 bits per heavy atom. The molecule has 0 aliphatic heterocycles. The van der Waals surface area contributed by atoms with Crippen LogP contribution in [-0.4, -0.2) is 27.2 Å². The first-order chi connectivity index (χ1) is 8.29. The van der Waals surface area contributed by atoms with E-state index >= 15 is 0 Å². The van der Waals surface area contributed by atoms with E-state index in [1.807, 2.05) is 6.92 Å². The first-order valence-electron chi connectivity index (χ1n) is 5.96.